The molecule has 1 fully saturated rings. The maximum Gasteiger partial charge on any atom is 0.347 e. The average molecular weight is 331 g/mol. The number of hydrogen-bond donors (Lipinski definition) is 2. The largest absolute Gasteiger partial charge is 0.400 e. The Morgan fingerprint density at radius 2 is 1.96 bits per heavy atom. The molecule has 0 bridgehead atoms. The lowest BCUT2D eigenvalue weighted by atomic mass is 9.85. The summed E-state index contributed by atoms with van der Waals surface area (Å²) < 4.78 is 18.8. The lowest BCUT2D eigenvalue weighted by molar-refractivity contribution is 0.0722. The highest BCUT2D eigenvalue weighted by atomic mass is 19.1. The topological polar surface area (TPSA) is 98.3 Å². The number of rotatable bonds is 3. The standard InChI is InChI=1S/C17H18FN3O3/c18-13-4-2-1-3-12(13)17(23)24-16-15(19)20-9-14(21-16)10-5-7-11(22)8-6-10/h1-4,9-11,22H,5-8H2,(H2,19,20). The van der Waals surface area contributed by atoms with Gasteiger partial charge in [0.2, 0.25) is 0 Å². The molecule has 0 saturated heterocycles. The zero-order valence-corrected chi connectivity index (χ0v) is 13.0. The maximum atomic E-state index is 13.7. The Balaban J connectivity index is 1.79. The number of nitrogens with two attached hydrogens (primary N) is 1. The number of carbonyl (C=O) groups is 1. The Labute approximate surface area is 138 Å². The van der Waals surface area contributed by atoms with E-state index >= 15 is 0 Å². The third-order valence-corrected chi connectivity index (χ3v) is 4.18. The van der Waals surface area contributed by atoms with Crippen LogP contribution in [0.25, 0.3) is 0 Å². The fraction of sp³-hybridized carbons (Fsp3) is 0.353. The molecule has 0 atom stereocenters. The van der Waals surface area contributed by atoms with Crippen LogP contribution in [0.4, 0.5) is 10.2 Å². The summed E-state index contributed by atoms with van der Waals surface area (Å²) in [4.78, 5) is 20.4. The van der Waals surface area contributed by atoms with E-state index in [-0.39, 0.29) is 29.3 Å². The van der Waals surface area contributed by atoms with Gasteiger partial charge in [-0.1, -0.05) is 12.1 Å². The lowest BCUT2D eigenvalue weighted by Crippen LogP contribution is -2.19. The van der Waals surface area contributed by atoms with Crippen molar-refractivity contribution in [1.82, 2.24) is 9.97 Å². The van der Waals surface area contributed by atoms with Crippen LogP contribution in [-0.4, -0.2) is 27.1 Å². The van der Waals surface area contributed by atoms with Crippen LogP contribution in [0.1, 0.15) is 47.7 Å². The van der Waals surface area contributed by atoms with Crippen LogP contribution in [0.3, 0.4) is 0 Å². The van der Waals surface area contributed by atoms with Gasteiger partial charge in [0.25, 0.3) is 5.88 Å². The predicted molar refractivity (Wildman–Crippen MR) is 85.0 cm³/mol. The number of aromatic nitrogens is 2. The summed E-state index contributed by atoms with van der Waals surface area (Å²) >= 11 is 0. The maximum absolute atomic E-state index is 13.7. The summed E-state index contributed by atoms with van der Waals surface area (Å²) in [6.07, 6.45) is 4.22. The molecule has 1 aromatic heterocycles. The van der Waals surface area contributed by atoms with Crippen molar-refractivity contribution in [2.75, 3.05) is 5.73 Å². The number of anilines is 1. The van der Waals surface area contributed by atoms with Gasteiger partial charge in [-0.05, 0) is 37.8 Å². The lowest BCUT2D eigenvalue weighted by Gasteiger charge is -2.24. The van der Waals surface area contributed by atoms with Crippen LogP contribution in [0.15, 0.2) is 30.5 Å². The number of hydrogen-bond acceptors (Lipinski definition) is 6. The van der Waals surface area contributed by atoms with Gasteiger partial charge in [0.05, 0.1) is 23.6 Å². The highest BCUT2D eigenvalue weighted by Crippen LogP contribution is 2.33. The molecule has 0 amide bonds. The minimum absolute atomic E-state index is 0.0284. The van der Waals surface area contributed by atoms with Crippen molar-refractivity contribution in [1.29, 1.82) is 0 Å². The van der Waals surface area contributed by atoms with Gasteiger partial charge in [-0.15, -0.1) is 0 Å². The molecule has 6 nitrogen and oxygen atoms in total. The average Bonchev–Trinajstić information content (AvgIpc) is 2.58. The van der Waals surface area contributed by atoms with Crippen LogP contribution >= 0.6 is 0 Å². The number of benzene rings is 1. The minimum Gasteiger partial charge on any atom is -0.400 e. The number of nitrogen functional groups attached to an aromatic ring is 1. The van der Waals surface area contributed by atoms with E-state index in [0.717, 1.165) is 12.8 Å². The van der Waals surface area contributed by atoms with Crippen molar-refractivity contribution in [3.8, 4) is 5.88 Å². The van der Waals surface area contributed by atoms with Crippen molar-refractivity contribution in [3.63, 3.8) is 0 Å². The zero-order chi connectivity index (χ0) is 17.1. The summed E-state index contributed by atoms with van der Waals surface area (Å²) in [7, 11) is 0. The summed E-state index contributed by atoms with van der Waals surface area (Å²) in [5.41, 5.74) is 6.19. The van der Waals surface area contributed by atoms with E-state index < -0.39 is 11.8 Å². The first-order chi connectivity index (χ1) is 11.5. The quantitative estimate of drug-likeness (QED) is 0.838. The minimum atomic E-state index is -0.870. The van der Waals surface area contributed by atoms with Gasteiger partial charge in [0.15, 0.2) is 5.82 Å². The van der Waals surface area contributed by atoms with E-state index in [4.69, 9.17) is 10.5 Å². The summed E-state index contributed by atoms with van der Waals surface area (Å²) in [5, 5.41) is 9.58. The second-order valence-corrected chi connectivity index (χ2v) is 5.86. The Morgan fingerprint density at radius 1 is 1.25 bits per heavy atom. The summed E-state index contributed by atoms with van der Waals surface area (Å²) in [5.74, 6) is -1.56. The van der Waals surface area contributed by atoms with Gasteiger partial charge in [0, 0.05) is 5.92 Å². The van der Waals surface area contributed by atoms with E-state index in [0.29, 0.717) is 18.5 Å². The first-order valence-corrected chi connectivity index (χ1v) is 7.81. The highest BCUT2D eigenvalue weighted by molar-refractivity contribution is 5.91. The molecule has 1 heterocycles. The molecular weight excluding hydrogens is 313 g/mol. The number of ether oxygens (including phenoxy) is 1. The SMILES string of the molecule is Nc1ncc(C2CCC(O)CC2)nc1OC(=O)c1ccccc1F. The zero-order valence-electron chi connectivity index (χ0n) is 13.0. The Morgan fingerprint density at radius 3 is 2.67 bits per heavy atom. The monoisotopic (exact) mass is 331 g/mol. The molecule has 0 spiro atoms. The second kappa shape index (κ2) is 6.92. The van der Waals surface area contributed by atoms with Crippen LogP contribution in [0.2, 0.25) is 0 Å². The van der Waals surface area contributed by atoms with Crippen LogP contribution in [0.5, 0.6) is 5.88 Å². The predicted octanol–water partition coefficient (Wildman–Crippen LogP) is 2.44. The summed E-state index contributed by atoms with van der Waals surface area (Å²) in [6, 6.07) is 5.53. The number of esters is 1. The fourth-order valence-electron chi connectivity index (χ4n) is 2.81. The highest BCUT2D eigenvalue weighted by Gasteiger charge is 2.24. The number of nitrogens with zero attached hydrogens (tertiary/aromatic N) is 2. The Bertz CT molecular complexity index is 746. The number of aliphatic hydroxyl groups excluding tert-OH is 1. The number of carbonyl (C=O) groups excluding carboxylic acids is 1. The smallest absolute Gasteiger partial charge is 0.347 e. The van der Waals surface area contributed by atoms with E-state index in [2.05, 4.69) is 9.97 Å². The number of aliphatic hydroxyl groups is 1. The molecule has 2 aromatic rings. The van der Waals surface area contributed by atoms with Gasteiger partial charge in [-0.3, -0.25) is 0 Å². The first-order valence-electron chi connectivity index (χ1n) is 7.81. The molecule has 1 saturated carbocycles. The molecule has 0 unspecified atom stereocenters. The van der Waals surface area contributed by atoms with Crippen molar-refractivity contribution in [2.24, 2.45) is 0 Å². The van der Waals surface area contributed by atoms with Crippen LogP contribution in [0, 0.1) is 5.82 Å². The Kier molecular flexibility index (Phi) is 4.71. The van der Waals surface area contributed by atoms with E-state index in [1.807, 2.05) is 0 Å². The third-order valence-electron chi connectivity index (χ3n) is 4.18. The number of halogens is 1. The third kappa shape index (κ3) is 3.51. The molecule has 1 aromatic carbocycles. The van der Waals surface area contributed by atoms with Crippen LogP contribution in [-0.2, 0) is 0 Å². The molecule has 0 aliphatic heterocycles. The second-order valence-electron chi connectivity index (χ2n) is 5.86. The van der Waals surface area contributed by atoms with Crippen LogP contribution < -0.4 is 10.5 Å². The van der Waals surface area contributed by atoms with Gasteiger partial charge in [0.1, 0.15) is 5.82 Å². The fourth-order valence-corrected chi connectivity index (χ4v) is 2.81. The molecule has 3 rings (SSSR count). The Hall–Kier alpha value is -2.54. The van der Waals surface area contributed by atoms with Gasteiger partial charge in [-0.25, -0.2) is 19.2 Å². The van der Waals surface area contributed by atoms with Gasteiger partial charge in [-0.2, -0.15) is 0 Å². The normalized spacial score (nSPS) is 20.6. The molecule has 0 radical (unpaired) electrons. The van der Waals surface area contributed by atoms with Crippen molar-refractivity contribution >= 4 is 11.8 Å². The van der Waals surface area contributed by atoms with E-state index in [9.17, 15) is 14.3 Å². The van der Waals surface area contributed by atoms with Crippen molar-refractivity contribution in [3.05, 3.63) is 47.5 Å². The summed E-state index contributed by atoms with van der Waals surface area (Å²) in [6.45, 7) is 0. The first kappa shape index (κ1) is 16.3. The van der Waals surface area contributed by atoms with E-state index in [1.165, 1.54) is 18.2 Å². The molecule has 1 aliphatic rings. The molecular formula is C17H18FN3O3. The van der Waals surface area contributed by atoms with Crippen molar-refractivity contribution < 1.29 is 19.0 Å². The van der Waals surface area contributed by atoms with Gasteiger partial charge < -0.3 is 15.6 Å². The molecule has 126 valence electrons. The molecule has 7 heteroatoms. The van der Waals surface area contributed by atoms with Gasteiger partial charge >= 0.3 is 5.97 Å². The molecule has 1 aliphatic carbocycles. The van der Waals surface area contributed by atoms with E-state index in [1.54, 1.807) is 12.3 Å². The van der Waals surface area contributed by atoms with Crippen molar-refractivity contribution in [2.45, 2.75) is 37.7 Å². The molecule has 3 N–H and O–H groups in total. The molecule has 24 heavy (non-hydrogen) atoms.